The second kappa shape index (κ2) is 13.5. The van der Waals surface area contributed by atoms with Crippen molar-refractivity contribution in [3.8, 4) is 0 Å². The van der Waals surface area contributed by atoms with Gasteiger partial charge in [0, 0.05) is 0 Å². The van der Waals surface area contributed by atoms with E-state index in [1.165, 1.54) is 38.9 Å². The quantitative estimate of drug-likeness (QED) is 0.614. The van der Waals surface area contributed by atoms with Gasteiger partial charge in [0.05, 0.1) is 0 Å². The lowest BCUT2D eigenvalue weighted by molar-refractivity contribution is 0.299. The Balaban J connectivity index is 0. The predicted octanol–water partition coefficient (Wildman–Crippen LogP) is 3.54. The van der Waals surface area contributed by atoms with Gasteiger partial charge < -0.3 is 4.90 Å². The van der Waals surface area contributed by atoms with E-state index in [0.29, 0.717) is 0 Å². The minimum Gasteiger partial charge on any atom is -0.304 e. The number of rotatable bonds is 5. The molecule has 0 bridgehead atoms. The molecule has 0 unspecified atom stereocenters. The number of unbranched alkanes of at least 4 members (excludes halogenated alkanes) is 1. The van der Waals surface area contributed by atoms with E-state index in [1.807, 2.05) is 0 Å². The van der Waals surface area contributed by atoms with Crippen LogP contribution in [0.3, 0.4) is 0 Å². The minimum absolute atomic E-state index is 1.20. The van der Waals surface area contributed by atoms with Crippen molar-refractivity contribution in [1.82, 2.24) is 4.90 Å². The summed E-state index contributed by atoms with van der Waals surface area (Å²) in [5.74, 6) is 0. The summed E-state index contributed by atoms with van der Waals surface area (Å²) in [6.07, 6.45) is 3.91. The van der Waals surface area contributed by atoms with Gasteiger partial charge in [-0.1, -0.05) is 47.5 Å². The second-order valence-electron chi connectivity index (χ2n) is 3.09. The molecule has 0 aromatic rings. The predicted molar refractivity (Wildman–Crippen MR) is 58.7 cm³/mol. The lowest BCUT2D eigenvalue weighted by atomic mass is 10.3. The van der Waals surface area contributed by atoms with Crippen LogP contribution in [0.4, 0.5) is 0 Å². The van der Waals surface area contributed by atoms with E-state index in [4.69, 9.17) is 0 Å². The third kappa shape index (κ3) is 12.6. The van der Waals surface area contributed by atoms with Crippen molar-refractivity contribution in [2.24, 2.45) is 0 Å². The summed E-state index contributed by atoms with van der Waals surface area (Å²) in [6, 6.07) is 0. The summed E-state index contributed by atoms with van der Waals surface area (Å²) in [7, 11) is 0. The largest absolute Gasteiger partial charge is 0.304 e. The monoisotopic (exact) mass is 173 g/mol. The molecular formula is C11H27N. The van der Waals surface area contributed by atoms with Crippen molar-refractivity contribution in [3.63, 3.8) is 0 Å². The average Bonchev–Trinajstić information content (AvgIpc) is 2.08. The molecule has 0 aliphatic carbocycles. The van der Waals surface area contributed by atoms with Crippen LogP contribution in [0.1, 0.15) is 53.9 Å². The van der Waals surface area contributed by atoms with Gasteiger partial charge in [-0.05, 0) is 26.1 Å². The van der Waals surface area contributed by atoms with E-state index in [2.05, 4.69) is 39.5 Å². The molecule has 0 fully saturated rings. The van der Waals surface area contributed by atoms with Gasteiger partial charge in [0.2, 0.25) is 0 Å². The molecule has 0 aromatic heterocycles. The van der Waals surface area contributed by atoms with E-state index in [1.54, 1.807) is 0 Å². The normalized spacial score (nSPS) is 9.50. The lowest BCUT2D eigenvalue weighted by Crippen LogP contribution is -2.23. The Morgan fingerprint density at radius 3 is 1.50 bits per heavy atom. The van der Waals surface area contributed by atoms with Gasteiger partial charge >= 0.3 is 0 Å². The summed E-state index contributed by atoms with van der Waals surface area (Å²) in [5.41, 5.74) is 0. The Morgan fingerprint density at radius 1 is 0.833 bits per heavy atom. The maximum Gasteiger partial charge on any atom is -0.00191 e. The van der Waals surface area contributed by atoms with Gasteiger partial charge in [-0.3, -0.25) is 0 Å². The summed E-state index contributed by atoms with van der Waals surface area (Å²) in [4.78, 5) is 2.46. The van der Waals surface area contributed by atoms with Crippen LogP contribution >= 0.6 is 0 Å². The summed E-state index contributed by atoms with van der Waals surface area (Å²) in [6.45, 7) is 14.6. The fraction of sp³-hybridized carbons (Fsp3) is 1.00. The Hall–Kier alpha value is -0.0400. The van der Waals surface area contributed by atoms with Crippen molar-refractivity contribution in [2.45, 2.75) is 53.9 Å². The van der Waals surface area contributed by atoms with Crippen molar-refractivity contribution in [1.29, 1.82) is 0 Å². The third-order valence-corrected chi connectivity index (χ3v) is 1.72. The number of hydrogen-bond acceptors (Lipinski definition) is 1. The summed E-state index contributed by atoms with van der Waals surface area (Å²) in [5, 5.41) is 0. The smallest absolute Gasteiger partial charge is 0.00191 e. The number of nitrogens with zero attached hydrogens (tertiary/aromatic N) is 1. The van der Waals surface area contributed by atoms with Crippen LogP contribution in [0.25, 0.3) is 0 Å². The first kappa shape index (κ1) is 14.5. The molecule has 0 aliphatic rings. The fourth-order valence-corrected chi connectivity index (χ4v) is 0.922. The molecule has 1 heteroatoms. The van der Waals surface area contributed by atoms with Crippen LogP contribution in [0.2, 0.25) is 0 Å². The summed E-state index contributed by atoms with van der Waals surface area (Å²) >= 11 is 0. The molecule has 0 rings (SSSR count). The van der Waals surface area contributed by atoms with E-state index in [0.717, 1.165) is 0 Å². The fourth-order valence-electron chi connectivity index (χ4n) is 0.922. The molecule has 0 radical (unpaired) electrons. The van der Waals surface area contributed by atoms with Crippen LogP contribution in [0.15, 0.2) is 0 Å². The molecule has 0 aliphatic heterocycles. The second-order valence-corrected chi connectivity index (χ2v) is 3.09. The molecule has 0 saturated heterocycles. The van der Waals surface area contributed by atoms with Gasteiger partial charge in [-0.15, -0.1) is 0 Å². The molecule has 12 heavy (non-hydrogen) atoms. The number of hydrogen-bond donors (Lipinski definition) is 0. The Morgan fingerprint density at radius 2 is 1.25 bits per heavy atom. The van der Waals surface area contributed by atoms with Gasteiger partial charge in [0.25, 0.3) is 0 Å². The Kier molecular flexibility index (Phi) is 16.3. The Labute approximate surface area is 79.2 Å². The summed E-state index contributed by atoms with van der Waals surface area (Å²) < 4.78 is 0. The molecule has 0 spiro atoms. The van der Waals surface area contributed by atoms with E-state index >= 15 is 0 Å². The SMILES string of the molecule is CCC.CCCCN(CC)CC. The third-order valence-electron chi connectivity index (χ3n) is 1.72. The first-order valence-corrected chi connectivity index (χ1v) is 5.48. The maximum absolute atomic E-state index is 2.46. The zero-order valence-corrected chi connectivity index (χ0v) is 9.69. The molecule has 0 atom stereocenters. The van der Waals surface area contributed by atoms with Crippen molar-refractivity contribution < 1.29 is 0 Å². The van der Waals surface area contributed by atoms with Crippen molar-refractivity contribution in [3.05, 3.63) is 0 Å². The zero-order valence-electron chi connectivity index (χ0n) is 9.69. The molecule has 0 aromatic carbocycles. The van der Waals surface area contributed by atoms with E-state index in [9.17, 15) is 0 Å². The highest BCUT2D eigenvalue weighted by Gasteiger charge is 1.94. The highest BCUT2D eigenvalue weighted by Crippen LogP contribution is 1.92. The maximum atomic E-state index is 2.46. The molecule has 0 heterocycles. The van der Waals surface area contributed by atoms with Crippen LogP contribution < -0.4 is 0 Å². The molecule has 1 nitrogen and oxygen atoms in total. The van der Waals surface area contributed by atoms with Crippen LogP contribution in [-0.2, 0) is 0 Å². The highest BCUT2D eigenvalue weighted by molar-refractivity contribution is 4.49. The molecule has 0 saturated carbocycles. The van der Waals surface area contributed by atoms with Gasteiger partial charge in [-0.25, -0.2) is 0 Å². The average molecular weight is 173 g/mol. The van der Waals surface area contributed by atoms with Gasteiger partial charge in [-0.2, -0.15) is 0 Å². The van der Waals surface area contributed by atoms with Crippen LogP contribution in [-0.4, -0.2) is 24.5 Å². The molecular weight excluding hydrogens is 146 g/mol. The standard InChI is InChI=1S/C8H19N.C3H8/c1-4-7-8-9(5-2)6-3;1-3-2/h4-8H2,1-3H3;3H2,1-2H3. The van der Waals surface area contributed by atoms with E-state index in [-0.39, 0.29) is 0 Å². The van der Waals surface area contributed by atoms with Crippen molar-refractivity contribution in [2.75, 3.05) is 19.6 Å². The van der Waals surface area contributed by atoms with E-state index < -0.39 is 0 Å². The first-order chi connectivity index (χ1) is 5.76. The van der Waals surface area contributed by atoms with Crippen LogP contribution in [0.5, 0.6) is 0 Å². The highest BCUT2D eigenvalue weighted by atomic mass is 15.1. The van der Waals surface area contributed by atoms with Gasteiger partial charge in [0.15, 0.2) is 0 Å². The minimum atomic E-state index is 1.20. The lowest BCUT2D eigenvalue weighted by Gasteiger charge is -2.16. The topological polar surface area (TPSA) is 3.24 Å². The van der Waals surface area contributed by atoms with Gasteiger partial charge in [0.1, 0.15) is 0 Å². The van der Waals surface area contributed by atoms with Crippen LogP contribution in [0, 0.1) is 0 Å². The molecule has 76 valence electrons. The zero-order chi connectivity index (χ0) is 9.82. The van der Waals surface area contributed by atoms with Crippen molar-refractivity contribution >= 4 is 0 Å². The molecule has 0 amide bonds. The Bertz CT molecular complexity index is 58.0. The molecule has 0 N–H and O–H groups in total. The first-order valence-electron chi connectivity index (χ1n) is 5.48.